The summed E-state index contributed by atoms with van der Waals surface area (Å²) >= 11 is 0. The Morgan fingerprint density at radius 2 is 1.53 bits per heavy atom. The van der Waals surface area contributed by atoms with E-state index in [9.17, 15) is 20.2 Å². The van der Waals surface area contributed by atoms with Crippen molar-refractivity contribution in [2.24, 2.45) is 0 Å². The average molecular weight is 259 g/mol. The summed E-state index contributed by atoms with van der Waals surface area (Å²) in [5, 5.41) is 21.6. The lowest BCUT2D eigenvalue weighted by atomic mass is 10.0. The zero-order valence-electron chi connectivity index (χ0n) is 9.65. The van der Waals surface area contributed by atoms with Crippen LogP contribution in [0.1, 0.15) is 0 Å². The molecule has 0 amide bonds. The Bertz CT molecular complexity index is 653. The van der Waals surface area contributed by atoms with E-state index in [1.165, 1.54) is 12.1 Å². The Labute approximate surface area is 107 Å². The number of nitrogens with two attached hydrogens (primary N) is 1. The molecule has 96 valence electrons. The predicted octanol–water partition coefficient (Wildman–Crippen LogP) is 2.75. The maximum Gasteiger partial charge on any atom is 0.284 e. The van der Waals surface area contributed by atoms with Gasteiger partial charge in [0.2, 0.25) is 0 Å². The van der Waals surface area contributed by atoms with Crippen LogP contribution in [-0.2, 0) is 0 Å². The van der Waals surface area contributed by atoms with Crippen LogP contribution in [0.4, 0.5) is 17.1 Å². The van der Waals surface area contributed by atoms with Gasteiger partial charge in [0, 0.05) is 11.8 Å². The number of hydrogen-bond donors (Lipinski definition) is 1. The summed E-state index contributed by atoms with van der Waals surface area (Å²) in [5.74, 6) is 0. The summed E-state index contributed by atoms with van der Waals surface area (Å²) in [6.07, 6.45) is 0. The molecule has 19 heavy (non-hydrogen) atoms. The average Bonchev–Trinajstić information content (AvgIpc) is 2.38. The maximum atomic E-state index is 11.0. The second-order valence-electron chi connectivity index (χ2n) is 3.84. The van der Waals surface area contributed by atoms with Gasteiger partial charge in [0.1, 0.15) is 0 Å². The van der Waals surface area contributed by atoms with Gasteiger partial charge in [-0.1, -0.05) is 12.1 Å². The topological polar surface area (TPSA) is 112 Å². The second-order valence-corrected chi connectivity index (χ2v) is 3.84. The quantitative estimate of drug-likeness (QED) is 0.517. The lowest BCUT2D eigenvalue weighted by Gasteiger charge is -2.03. The van der Waals surface area contributed by atoms with Crippen molar-refractivity contribution in [2.75, 3.05) is 5.73 Å². The number of rotatable bonds is 3. The molecule has 2 aromatic carbocycles. The highest BCUT2D eigenvalue weighted by Gasteiger charge is 2.20. The molecule has 2 aromatic rings. The minimum Gasteiger partial charge on any atom is -0.399 e. The fraction of sp³-hybridized carbons (Fsp3) is 0. The molecule has 2 rings (SSSR count). The molecule has 0 aromatic heterocycles. The molecule has 0 bridgehead atoms. The number of hydrogen-bond acceptors (Lipinski definition) is 5. The SMILES string of the molecule is Nc1ccc(-c2ccc([N+](=O)[O-])cc2[N+](=O)[O-])cc1. The van der Waals surface area contributed by atoms with Crippen LogP contribution >= 0.6 is 0 Å². The van der Waals surface area contributed by atoms with Gasteiger partial charge in [0.25, 0.3) is 11.4 Å². The van der Waals surface area contributed by atoms with Crippen LogP contribution in [0, 0.1) is 20.2 Å². The van der Waals surface area contributed by atoms with Crippen molar-refractivity contribution >= 4 is 17.1 Å². The highest BCUT2D eigenvalue weighted by Crippen LogP contribution is 2.33. The summed E-state index contributed by atoms with van der Waals surface area (Å²) in [5.41, 5.74) is 6.35. The van der Waals surface area contributed by atoms with Crippen molar-refractivity contribution in [3.8, 4) is 11.1 Å². The summed E-state index contributed by atoms with van der Waals surface area (Å²) < 4.78 is 0. The van der Waals surface area contributed by atoms with Crippen molar-refractivity contribution < 1.29 is 9.85 Å². The summed E-state index contributed by atoms with van der Waals surface area (Å²) in [6.45, 7) is 0. The molecule has 0 saturated heterocycles. The lowest BCUT2D eigenvalue weighted by molar-refractivity contribution is -0.393. The minimum atomic E-state index is -0.667. The first kappa shape index (κ1) is 12.5. The zero-order valence-corrected chi connectivity index (χ0v) is 9.65. The van der Waals surface area contributed by atoms with Gasteiger partial charge < -0.3 is 5.73 Å². The first-order valence-electron chi connectivity index (χ1n) is 5.28. The zero-order chi connectivity index (χ0) is 14.0. The third kappa shape index (κ3) is 2.49. The molecule has 0 aliphatic rings. The van der Waals surface area contributed by atoms with Crippen LogP contribution in [0.3, 0.4) is 0 Å². The van der Waals surface area contributed by atoms with E-state index < -0.39 is 9.85 Å². The molecule has 0 heterocycles. The third-order valence-electron chi connectivity index (χ3n) is 2.61. The Morgan fingerprint density at radius 3 is 2.05 bits per heavy atom. The molecule has 7 heteroatoms. The molecule has 0 unspecified atom stereocenters. The normalized spacial score (nSPS) is 10.1. The first-order chi connectivity index (χ1) is 8.99. The van der Waals surface area contributed by atoms with Gasteiger partial charge in [-0.2, -0.15) is 0 Å². The van der Waals surface area contributed by atoms with E-state index in [4.69, 9.17) is 5.73 Å². The number of nitrogen functional groups attached to an aromatic ring is 1. The minimum absolute atomic E-state index is 0.307. The number of benzene rings is 2. The van der Waals surface area contributed by atoms with Crippen LogP contribution in [0.5, 0.6) is 0 Å². The number of nitro groups is 2. The van der Waals surface area contributed by atoms with E-state index in [2.05, 4.69) is 0 Å². The van der Waals surface area contributed by atoms with Crippen LogP contribution in [0.25, 0.3) is 11.1 Å². The molecule has 7 nitrogen and oxygen atoms in total. The van der Waals surface area contributed by atoms with Crippen LogP contribution in [0.15, 0.2) is 42.5 Å². The van der Waals surface area contributed by atoms with E-state index in [0.717, 1.165) is 6.07 Å². The van der Waals surface area contributed by atoms with Gasteiger partial charge in [0.05, 0.1) is 21.5 Å². The van der Waals surface area contributed by atoms with Gasteiger partial charge in [0.15, 0.2) is 0 Å². The van der Waals surface area contributed by atoms with Gasteiger partial charge in [-0.3, -0.25) is 20.2 Å². The van der Waals surface area contributed by atoms with Crippen molar-refractivity contribution in [2.45, 2.75) is 0 Å². The Kier molecular flexibility index (Phi) is 3.11. The molecule has 0 radical (unpaired) electrons. The Morgan fingerprint density at radius 1 is 0.895 bits per heavy atom. The largest absolute Gasteiger partial charge is 0.399 e. The standard InChI is InChI=1S/C12H9N3O4/c13-9-3-1-8(2-4-9)11-6-5-10(14(16)17)7-12(11)15(18)19/h1-7H,13H2. The molecule has 0 aliphatic carbocycles. The molecule has 0 aliphatic heterocycles. The highest BCUT2D eigenvalue weighted by atomic mass is 16.6. The highest BCUT2D eigenvalue weighted by molar-refractivity contribution is 5.76. The van der Waals surface area contributed by atoms with Crippen molar-refractivity contribution in [1.82, 2.24) is 0 Å². The molecule has 0 spiro atoms. The molecular weight excluding hydrogens is 250 g/mol. The molecule has 2 N–H and O–H groups in total. The number of nitro benzene ring substituents is 2. The summed E-state index contributed by atoms with van der Waals surface area (Å²) in [7, 11) is 0. The van der Waals surface area contributed by atoms with Gasteiger partial charge in [-0.25, -0.2) is 0 Å². The fourth-order valence-corrected chi connectivity index (χ4v) is 1.69. The number of anilines is 1. The number of nitrogens with zero attached hydrogens (tertiary/aromatic N) is 2. The van der Waals surface area contributed by atoms with E-state index in [-0.39, 0.29) is 11.4 Å². The lowest BCUT2D eigenvalue weighted by Crippen LogP contribution is -1.95. The summed E-state index contributed by atoms with van der Waals surface area (Å²) in [6, 6.07) is 10.0. The molecular formula is C12H9N3O4. The Hall–Kier alpha value is -2.96. The molecule has 0 atom stereocenters. The third-order valence-corrected chi connectivity index (χ3v) is 2.61. The monoisotopic (exact) mass is 259 g/mol. The Balaban J connectivity index is 2.59. The smallest absolute Gasteiger partial charge is 0.284 e. The van der Waals surface area contributed by atoms with Crippen LogP contribution < -0.4 is 5.73 Å². The van der Waals surface area contributed by atoms with Crippen LogP contribution in [-0.4, -0.2) is 9.85 Å². The van der Waals surface area contributed by atoms with Gasteiger partial charge >= 0.3 is 0 Å². The van der Waals surface area contributed by atoms with Crippen molar-refractivity contribution in [3.63, 3.8) is 0 Å². The van der Waals surface area contributed by atoms with E-state index in [1.54, 1.807) is 24.3 Å². The number of non-ortho nitro benzene ring substituents is 1. The van der Waals surface area contributed by atoms with Gasteiger partial charge in [-0.05, 0) is 23.8 Å². The van der Waals surface area contributed by atoms with E-state index >= 15 is 0 Å². The second kappa shape index (κ2) is 4.73. The molecule has 0 fully saturated rings. The van der Waals surface area contributed by atoms with E-state index in [0.29, 0.717) is 16.8 Å². The molecule has 0 saturated carbocycles. The van der Waals surface area contributed by atoms with Crippen molar-refractivity contribution in [3.05, 3.63) is 62.7 Å². The first-order valence-corrected chi connectivity index (χ1v) is 5.28. The maximum absolute atomic E-state index is 11.0. The predicted molar refractivity (Wildman–Crippen MR) is 69.6 cm³/mol. The van der Waals surface area contributed by atoms with Gasteiger partial charge in [-0.15, -0.1) is 0 Å². The van der Waals surface area contributed by atoms with E-state index in [1.807, 2.05) is 0 Å². The summed E-state index contributed by atoms with van der Waals surface area (Å²) in [4.78, 5) is 20.3. The van der Waals surface area contributed by atoms with Crippen molar-refractivity contribution in [1.29, 1.82) is 0 Å². The fourth-order valence-electron chi connectivity index (χ4n) is 1.69. The van der Waals surface area contributed by atoms with Crippen LogP contribution in [0.2, 0.25) is 0 Å².